The molecule has 0 aliphatic carbocycles. The van der Waals surface area contributed by atoms with Crippen LogP contribution in [-0.4, -0.2) is 50.0 Å². The zero-order valence-corrected chi connectivity index (χ0v) is 18.4. The van der Waals surface area contributed by atoms with Gasteiger partial charge >= 0.3 is 0 Å². The quantitative estimate of drug-likeness (QED) is 0.490. The van der Waals surface area contributed by atoms with E-state index in [1.807, 2.05) is 0 Å². The summed E-state index contributed by atoms with van der Waals surface area (Å²) in [6.07, 6.45) is 0. The Kier molecular flexibility index (Phi) is 7.57. The molecule has 0 aromatic heterocycles. The molecule has 0 unspecified atom stereocenters. The minimum atomic E-state index is -4.09. The van der Waals surface area contributed by atoms with Crippen LogP contribution in [0.25, 0.3) is 0 Å². The fourth-order valence-electron chi connectivity index (χ4n) is 2.44. The lowest BCUT2D eigenvalue weighted by Gasteiger charge is -2.10. The van der Waals surface area contributed by atoms with Gasteiger partial charge in [0.25, 0.3) is 20.2 Å². The first-order valence-electron chi connectivity index (χ1n) is 8.55. The third kappa shape index (κ3) is 6.61. The second-order valence-electron chi connectivity index (χ2n) is 6.24. The van der Waals surface area contributed by atoms with Crippen LogP contribution in [-0.2, 0) is 38.4 Å². The molecule has 29 heavy (non-hydrogen) atoms. The lowest BCUT2D eigenvalue weighted by Crippen LogP contribution is -2.22. The highest BCUT2D eigenvalue weighted by Crippen LogP contribution is 2.18. The monoisotopic (exact) mass is 462 g/mol. The highest BCUT2D eigenvalue weighted by atomic mass is 32.2. The molecular weight excluding hydrogens is 440 g/mol. The van der Waals surface area contributed by atoms with Crippen molar-refractivity contribution in [1.82, 2.24) is 0 Å². The van der Waals surface area contributed by atoms with Gasteiger partial charge in [-0.2, -0.15) is 16.8 Å². The Morgan fingerprint density at radius 1 is 0.621 bits per heavy atom. The van der Waals surface area contributed by atoms with Crippen molar-refractivity contribution in [3.8, 4) is 0 Å². The SMILES string of the molecule is Cc1ccccc1S(=O)(=O)OCCS(=O)(=O)CCOS(=O)(=O)c1ccccc1C. The Morgan fingerprint density at radius 3 is 1.31 bits per heavy atom. The molecule has 0 aliphatic heterocycles. The van der Waals surface area contributed by atoms with Gasteiger partial charge in [0, 0.05) is 0 Å². The average molecular weight is 463 g/mol. The summed E-state index contributed by atoms with van der Waals surface area (Å²) in [4.78, 5) is -0.0740. The fourth-order valence-corrected chi connectivity index (χ4v) is 5.81. The van der Waals surface area contributed by atoms with Crippen LogP contribution in [0, 0.1) is 13.8 Å². The van der Waals surface area contributed by atoms with Crippen molar-refractivity contribution in [3.63, 3.8) is 0 Å². The Bertz CT molecular complexity index is 1080. The van der Waals surface area contributed by atoms with E-state index in [-0.39, 0.29) is 9.79 Å². The van der Waals surface area contributed by atoms with Gasteiger partial charge in [-0.15, -0.1) is 0 Å². The fraction of sp³-hybridized carbons (Fsp3) is 0.333. The maximum absolute atomic E-state index is 12.2. The molecule has 0 N–H and O–H groups in total. The molecule has 8 nitrogen and oxygen atoms in total. The lowest BCUT2D eigenvalue weighted by molar-refractivity contribution is 0.333. The molecule has 11 heteroatoms. The van der Waals surface area contributed by atoms with Crippen molar-refractivity contribution in [2.45, 2.75) is 23.6 Å². The van der Waals surface area contributed by atoms with E-state index in [4.69, 9.17) is 8.37 Å². The second kappa shape index (κ2) is 9.35. The van der Waals surface area contributed by atoms with E-state index in [2.05, 4.69) is 0 Å². The number of rotatable bonds is 10. The predicted octanol–water partition coefficient (Wildman–Crippen LogP) is 1.83. The molecular formula is C18H22O8S3. The van der Waals surface area contributed by atoms with Crippen molar-refractivity contribution >= 4 is 30.1 Å². The summed E-state index contributed by atoms with van der Waals surface area (Å²) in [6.45, 7) is 2.03. The zero-order chi connectivity index (χ0) is 21.7. The summed E-state index contributed by atoms with van der Waals surface area (Å²) in [5.41, 5.74) is 0.954. The largest absolute Gasteiger partial charge is 0.297 e. The first-order valence-corrected chi connectivity index (χ1v) is 13.2. The van der Waals surface area contributed by atoms with Crippen LogP contribution in [0.15, 0.2) is 58.3 Å². The molecule has 0 saturated heterocycles. The normalized spacial score (nSPS) is 12.8. The van der Waals surface area contributed by atoms with Gasteiger partial charge in [-0.05, 0) is 37.1 Å². The molecule has 0 aliphatic rings. The van der Waals surface area contributed by atoms with Crippen molar-refractivity contribution in [2.75, 3.05) is 24.7 Å². The third-order valence-corrected chi connectivity index (χ3v) is 8.52. The maximum Gasteiger partial charge on any atom is 0.297 e. The molecule has 0 radical (unpaired) electrons. The molecule has 0 amide bonds. The molecule has 0 fully saturated rings. The van der Waals surface area contributed by atoms with Crippen molar-refractivity contribution in [1.29, 1.82) is 0 Å². The predicted molar refractivity (Wildman–Crippen MR) is 107 cm³/mol. The second-order valence-corrected chi connectivity index (χ2v) is 11.7. The number of hydrogen-bond donors (Lipinski definition) is 0. The van der Waals surface area contributed by atoms with Gasteiger partial charge < -0.3 is 0 Å². The molecule has 160 valence electrons. The number of hydrogen-bond acceptors (Lipinski definition) is 8. The molecule has 0 saturated carbocycles. The van der Waals surface area contributed by atoms with Crippen LogP contribution in [0.2, 0.25) is 0 Å². The summed E-state index contributed by atoms with van der Waals surface area (Å²) < 4.78 is 82.3. The highest BCUT2D eigenvalue weighted by molar-refractivity contribution is 7.91. The van der Waals surface area contributed by atoms with Gasteiger partial charge in [0.1, 0.15) is 0 Å². The average Bonchev–Trinajstić information content (AvgIpc) is 2.61. The minimum Gasteiger partial charge on any atom is -0.265 e. The molecule has 0 heterocycles. The van der Waals surface area contributed by atoms with Gasteiger partial charge in [0.2, 0.25) is 0 Å². The van der Waals surface area contributed by atoms with Crippen LogP contribution >= 0.6 is 0 Å². The zero-order valence-electron chi connectivity index (χ0n) is 15.9. The summed E-state index contributed by atoms with van der Waals surface area (Å²) in [5, 5.41) is 0. The molecule has 2 rings (SSSR count). The van der Waals surface area contributed by atoms with E-state index in [0.29, 0.717) is 11.1 Å². The van der Waals surface area contributed by atoms with Crippen molar-refractivity contribution in [3.05, 3.63) is 59.7 Å². The minimum absolute atomic E-state index is 0.0370. The first kappa shape index (κ1) is 23.5. The van der Waals surface area contributed by atoms with Crippen LogP contribution in [0.5, 0.6) is 0 Å². The maximum atomic E-state index is 12.2. The highest BCUT2D eigenvalue weighted by Gasteiger charge is 2.22. The van der Waals surface area contributed by atoms with Gasteiger partial charge in [-0.3, -0.25) is 8.37 Å². The summed E-state index contributed by atoms with van der Waals surface area (Å²) in [6, 6.07) is 12.3. The summed E-state index contributed by atoms with van der Waals surface area (Å²) in [7, 11) is -12.0. The van der Waals surface area contributed by atoms with Crippen LogP contribution in [0.1, 0.15) is 11.1 Å². The van der Waals surface area contributed by atoms with E-state index in [1.165, 1.54) is 24.3 Å². The van der Waals surface area contributed by atoms with E-state index in [1.54, 1.807) is 38.1 Å². The lowest BCUT2D eigenvalue weighted by atomic mass is 10.2. The molecule has 2 aromatic rings. The molecule has 0 spiro atoms. The third-order valence-electron chi connectivity index (χ3n) is 3.99. The number of aryl methyl sites for hydroxylation is 2. The molecule has 2 aromatic carbocycles. The van der Waals surface area contributed by atoms with Crippen LogP contribution in [0.4, 0.5) is 0 Å². The Morgan fingerprint density at radius 2 is 0.966 bits per heavy atom. The Balaban J connectivity index is 1.89. The van der Waals surface area contributed by atoms with Crippen molar-refractivity contribution in [2.24, 2.45) is 0 Å². The van der Waals surface area contributed by atoms with E-state index in [0.717, 1.165) is 0 Å². The number of benzene rings is 2. The smallest absolute Gasteiger partial charge is 0.265 e. The van der Waals surface area contributed by atoms with E-state index < -0.39 is 54.8 Å². The van der Waals surface area contributed by atoms with Gasteiger partial charge in [0.15, 0.2) is 9.84 Å². The van der Waals surface area contributed by atoms with Crippen LogP contribution < -0.4 is 0 Å². The standard InChI is InChI=1S/C18H22O8S3/c1-15-7-3-5-9-17(15)28(21,22)25-11-13-27(19,20)14-12-26-29(23,24)18-10-6-4-8-16(18)2/h3-10H,11-14H2,1-2H3. The molecule has 0 atom stereocenters. The first-order chi connectivity index (χ1) is 13.4. The van der Waals surface area contributed by atoms with Crippen LogP contribution in [0.3, 0.4) is 0 Å². The number of sulfone groups is 1. The topological polar surface area (TPSA) is 121 Å². The van der Waals surface area contributed by atoms with E-state index in [9.17, 15) is 25.3 Å². The summed E-state index contributed by atoms with van der Waals surface area (Å²) >= 11 is 0. The molecule has 0 bridgehead atoms. The van der Waals surface area contributed by atoms with Gasteiger partial charge in [-0.25, -0.2) is 8.42 Å². The van der Waals surface area contributed by atoms with Crippen molar-refractivity contribution < 1.29 is 33.6 Å². The Hall–Kier alpha value is -1.79. The van der Waals surface area contributed by atoms with Gasteiger partial charge in [0.05, 0.1) is 34.5 Å². The Labute approximate surface area is 171 Å². The van der Waals surface area contributed by atoms with E-state index >= 15 is 0 Å². The summed E-state index contributed by atoms with van der Waals surface area (Å²) in [5.74, 6) is -1.18. The van der Waals surface area contributed by atoms with Gasteiger partial charge in [-0.1, -0.05) is 36.4 Å².